The predicted molar refractivity (Wildman–Crippen MR) is 96.1 cm³/mol. The summed E-state index contributed by atoms with van der Waals surface area (Å²) in [6.45, 7) is 0.473. The number of benzene rings is 1. The fourth-order valence-electron chi connectivity index (χ4n) is 3.50. The zero-order chi connectivity index (χ0) is 18.1. The predicted octanol–water partition coefficient (Wildman–Crippen LogP) is 1.92. The van der Waals surface area contributed by atoms with Gasteiger partial charge in [0.15, 0.2) is 18.2 Å². The first-order valence-electron chi connectivity index (χ1n) is 8.76. The minimum absolute atomic E-state index is 0.208. The van der Waals surface area contributed by atoms with Crippen LogP contribution in [0.4, 0.5) is 0 Å². The minimum Gasteiger partial charge on any atom is -0.465 e. The molecule has 0 aliphatic heterocycles. The first kappa shape index (κ1) is 16.4. The van der Waals surface area contributed by atoms with Crippen molar-refractivity contribution >= 4 is 16.9 Å². The molecule has 0 unspecified atom stereocenters. The highest BCUT2D eigenvalue weighted by Gasteiger charge is 2.15. The van der Waals surface area contributed by atoms with Gasteiger partial charge < -0.3 is 9.72 Å². The number of rotatable bonds is 3. The van der Waals surface area contributed by atoms with Crippen molar-refractivity contribution in [1.29, 1.82) is 0 Å². The van der Waals surface area contributed by atoms with Crippen LogP contribution in [0, 0.1) is 0 Å². The molecule has 4 rings (SSSR count). The van der Waals surface area contributed by atoms with Gasteiger partial charge in [-0.05, 0) is 49.4 Å². The van der Waals surface area contributed by atoms with Crippen molar-refractivity contribution in [2.45, 2.75) is 32.2 Å². The number of nitrogens with one attached hydrogen (secondary N) is 1. The summed E-state index contributed by atoms with van der Waals surface area (Å²) in [6.07, 6.45) is 8.87. The number of ether oxygens (including phenoxy) is 1. The van der Waals surface area contributed by atoms with Crippen molar-refractivity contribution in [1.82, 2.24) is 9.97 Å². The third-order valence-corrected chi connectivity index (χ3v) is 4.85. The van der Waals surface area contributed by atoms with Crippen LogP contribution in [0.25, 0.3) is 10.9 Å². The van der Waals surface area contributed by atoms with E-state index in [0.29, 0.717) is 28.8 Å². The lowest BCUT2D eigenvalue weighted by atomic mass is 9.93. The molecule has 0 saturated heterocycles. The van der Waals surface area contributed by atoms with E-state index in [1.807, 2.05) is 10.8 Å². The number of aromatic amines is 1. The van der Waals surface area contributed by atoms with E-state index in [4.69, 9.17) is 4.74 Å². The van der Waals surface area contributed by atoms with Crippen LogP contribution in [0.15, 0.2) is 41.5 Å². The molecule has 0 spiro atoms. The molecule has 1 aromatic carbocycles. The van der Waals surface area contributed by atoms with Crippen molar-refractivity contribution in [3.05, 3.63) is 69.5 Å². The zero-order valence-corrected chi connectivity index (χ0v) is 14.6. The largest absolute Gasteiger partial charge is 0.465 e. The summed E-state index contributed by atoms with van der Waals surface area (Å²) >= 11 is 0. The highest BCUT2D eigenvalue weighted by atomic mass is 16.5. The summed E-state index contributed by atoms with van der Waals surface area (Å²) in [4.78, 5) is 31.4. The summed E-state index contributed by atoms with van der Waals surface area (Å²) in [5.74, 6) is 0.116. The van der Waals surface area contributed by atoms with Crippen molar-refractivity contribution in [3.8, 4) is 0 Å². The molecule has 0 fully saturated rings. The lowest BCUT2D eigenvalue weighted by Gasteiger charge is -2.13. The third kappa shape index (κ3) is 3.10. The third-order valence-electron chi connectivity index (χ3n) is 4.85. The Kier molecular flexibility index (Phi) is 4.24. The Balaban J connectivity index is 1.70. The Labute approximate surface area is 150 Å². The van der Waals surface area contributed by atoms with Crippen molar-refractivity contribution in [2.24, 2.45) is 0 Å². The van der Waals surface area contributed by atoms with E-state index >= 15 is 0 Å². The molecule has 1 N–H and O–H groups in total. The lowest BCUT2D eigenvalue weighted by molar-refractivity contribution is -0.689. The van der Waals surface area contributed by atoms with Crippen LogP contribution in [-0.2, 0) is 24.1 Å². The monoisotopic (exact) mass is 350 g/mol. The minimum atomic E-state index is -0.445. The number of nitrogens with zero attached hydrogens (tertiary/aromatic N) is 2. The Morgan fingerprint density at radius 3 is 2.85 bits per heavy atom. The van der Waals surface area contributed by atoms with Crippen molar-refractivity contribution < 1.29 is 14.1 Å². The molecule has 6 heteroatoms. The van der Waals surface area contributed by atoms with Crippen LogP contribution in [0.3, 0.4) is 0 Å². The van der Waals surface area contributed by atoms with E-state index in [9.17, 15) is 9.59 Å². The van der Waals surface area contributed by atoms with E-state index in [2.05, 4.69) is 22.2 Å². The number of aryl methyl sites for hydroxylation is 2. The van der Waals surface area contributed by atoms with Gasteiger partial charge >= 0.3 is 5.97 Å². The summed E-state index contributed by atoms with van der Waals surface area (Å²) in [5, 5.41) is 0.455. The molecular weight excluding hydrogens is 330 g/mol. The maximum Gasteiger partial charge on any atom is 0.337 e. The molecule has 0 radical (unpaired) electrons. The quantitative estimate of drug-likeness (QED) is 0.578. The molecule has 0 saturated carbocycles. The Hall–Kier alpha value is -3.02. The first-order valence-corrected chi connectivity index (χ1v) is 8.76. The first-order chi connectivity index (χ1) is 12.6. The van der Waals surface area contributed by atoms with Gasteiger partial charge in [0.25, 0.3) is 5.56 Å². The Bertz CT molecular complexity index is 1060. The van der Waals surface area contributed by atoms with Gasteiger partial charge in [-0.15, -0.1) is 0 Å². The molecule has 1 aliphatic rings. The molecule has 0 atom stereocenters. The van der Waals surface area contributed by atoms with E-state index < -0.39 is 5.97 Å². The Morgan fingerprint density at radius 1 is 1.23 bits per heavy atom. The number of esters is 1. The zero-order valence-electron chi connectivity index (χ0n) is 14.6. The maximum absolute atomic E-state index is 12.4. The van der Waals surface area contributed by atoms with Crippen LogP contribution >= 0.6 is 0 Å². The molecular formula is C20H20N3O3+. The number of pyridine rings is 1. The van der Waals surface area contributed by atoms with Crippen molar-refractivity contribution in [2.75, 3.05) is 7.11 Å². The fraction of sp³-hybridized carbons (Fsp3) is 0.300. The SMILES string of the molecule is COC(=O)c1ccc2c(=O)[nH]c(C[n+]3ccc4c(c3)CCCC4)nc2c1. The average molecular weight is 350 g/mol. The summed E-state index contributed by atoms with van der Waals surface area (Å²) in [7, 11) is 1.33. The molecule has 0 bridgehead atoms. The van der Waals surface area contributed by atoms with E-state index in [-0.39, 0.29) is 5.56 Å². The van der Waals surface area contributed by atoms with Gasteiger partial charge in [-0.25, -0.2) is 9.78 Å². The molecule has 2 heterocycles. The number of fused-ring (bicyclic) bond motifs is 2. The molecule has 26 heavy (non-hydrogen) atoms. The van der Waals surface area contributed by atoms with Crippen LogP contribution in [0.2, 0.25) is 0 Å². The highest BCUT2D eigenvalue weighted by Crippen LogP contribution is 2.19. The molecule has 0 amide bonds. The smallest absolute Gasteiger partial charge is 0.337 e. The van der Waals surface area contributed by atoms with Gasteiger partial charge in [-0.2, -0.15) is 4.57 Å². The van der Waals surface area contributed by atoms with E-state index in [0.717, 1.165) is 12.8 Å². The van der Waals surface area contributed by atoms with Gasteiger partial charge in [-0.1, -0.05) is 0 Å². The van der Waals surface area contributed by atoms with Crippen LogP contribution in [0.1, 0.15) is 40.2 Å². The van der Waals surface area contributed by atoms with Crippen LogP contribution in [-0.4, -0.2) is 23.0 Å². The number of H-pyrrole nitrogens is 1. The van der Waals surface area contributed by atoms with Gasteiger partial charge in [0.2, 0.25) is 6.54 Å². The summed E-state index contributed by atoms with van der Waals surface area (Å²) in [6, 6.07) is 6.92. The molecule has 132 valence electrons. The molecule has 3 aromatic rings. The summed E-state index contributed by atoms with van der Waals surface area (Å²) < 4.78 is 6.78. The Morgan fingerprint density at radius 2 is 2.04 bits per heavy atom. The van der Waals surface area contributed by atoms with Crippen molar-refractivity contribution in [3.63, 3.8) is 0 Å². The molecule has 6 nitrogen and oxygen atoms in total. The highest BCUT2D eigenvalue weighted by molar-refractivity contribution is 5.93. The topological polar surface area (TPSA) is 75.9 Å². The van der Waals surface area contributed by atoms with E-state index in [1.54, 1.807) is 18.2 Å². The second kappa shape index (κ2) is 6.71. The van der Waals surface area contributed by atoms with Gasteiger partial charge in [0, 0.05) is 11.6 Å². The van der Waals surface area contributed by atoms with Crippen LogP contribution in [0.5, 0.6) is 0 Å². The number of methoxy groups -OCH3 is 1. The fourth-order valence-corrected chi connectivity index (χ4v) is 3.50. The van der Waals surface area contributed by atoms with Crippen LogP contribution < -0.4 is 10.1 Å². The number of carbonyl (C=O) groups is 1. The number of carbonyl (C=O) groups excluding carboxylic acids is 1. The second-order valence-electron chi connectivity index (χ2n) is 6.61. The van der Waals surface area contributed by atoms with Gasteiger partial charge in [0.1, 0.15) is 0 Å². The lowest BCUT2D eigenvalue weighted by Crippen LogP contribution is -2.36. The molecule has 1 aliphatic carbocycles. The summed E-state index contributed by atoms with van der Waals surface area (Å²) in [5.41, 5.74) is 3.45. The van der Waals surface area contributed by atoms with E-state index in [1.165, 1.54) is 31.1 Å². The average Bonchev–Trinajstić information content (AvgIpc) is 2.67. The second-order valence-corrected chi connectivity index (χ2v) is 6.61. The molecule has 2 aromatic heterocycles. The number of aromatic nitrogens is 3. The normalized spacial score (nSPS) is 13.4. The standard InChI is InChI=1S/C20H19N3O3/c1-26-20(25)14-6-7-16-17(10-14)21-18(22-19(16)24)12-23-9-8-13-4-2-3-5-15(13)11-23/h6-11H,2-5,12H2,1H3/p+1. The van der Waals surface area contributed by atoms with Gasteiger partial charge in [-0.3, -0.25) is 4.79 Å². The number of hydrogen-bond acceptors (Lipinski definition) is 4. The van der Waals surface area contributed by atoms with Gasteiger partial charge in [0.05, 0.1) is 23.6 Å². The maximum atomic E-state index is 12.4. The number of hydrogen-bond donors (Lipinski definition) is 1.